The fourth-order valence-corrected chi connectivity index (χ4v) is 1.61. The lowest BCUT2D eigenvalue weighted by atomic mass is 10.2. The zero-order valence-electron chi connectivity index (χ0n) is 9.52. The molecule has 0 aliphatic carbocycles. The van der Waals surface area contributed by atoms with Crippen LogP contribution in [0, 0.1) is 5.82 Å². The highest BCUT2D eigenvalue weighted by molar-refractivity contribution is 6.30. The molecule has 0 aliphatic heterocycles. The first-order valence-corrected chi connectivity index (χ1v) is 5.97. The van der Waals surface area contributed by atoms with E-state index < -0.39 is 0 Å². The summed E-state index contributed by atoms with van der Waals surface area (Å²) in [6.45, 7) is 5.46. The molecule has 0 aliphatic rings. The fraction of sp³-hybridized carbons (Fsp3) is 0.500. The number of hydrogen-bond donors (Lipinski definition) is 2. The second-order valence-electron chi connectivity index (χ2n) is 3.62. The van der Waals surface area contributed by atoms with Crippen LogP contribution in [0.3, 0.4) is 0 Å². The minimum Gasteiger partial charge on any atom is -0.317 e. The molecular formula is C12H18ClFN2. The molecule has 0 atom stereocenters. The monoisotopic (exact) mass is 244 g/mol. The molecule has 0 spiro atoms. The Morgan fingerprint density at radius 2 is 2.00 bits per heavy atom. The zero-order valence-corrected chi connectivity index (χ0v) is 10.3. The molecule has 90 valence electrons. The third-order valence-corrected chi connectivity index (χ3v) is 2.52. The average molecular weight is 245 g/mol. The van der Waals surface area contributed by atoms with Crippen LogP contribution in [-0.2, 0) is 6.54 Å². The van der Waals surface area contributed by atoms with E-state index in [-0.39, 0.29) is 5.82 Å². The highest BCUT2D eigenvalue weighted by atomic mass is 35.5. The SMILES string of the molecule is CCNCCCNCc1cc(Cl)ccc1F. The summed E-state index contributed by atoms with van der Waals surface area (Å²) in [5.41, 5.74) is 0.621. The van der Waals surface area contributed by atoms with Gasteiger partial charge in [0.15, 0.2) is 0 Å². The zero-order chi connectivity index (χ0) is 11.8. The summed E-state index contributed by atoms with van der Waals surface area (Å²) >= 11 is 5.79. The molecule has 1 aromatic carbocycles. The van der Waals surface area contributed by atoms with Crippen molar-refractivity contribution in [1.82, 2.24) is 10.6 Å². The predicted molar refractivity (Wildman–Crippen MR) is 66.3 cm³/mol. The molecule has 0 bridgehead atoms. The van der Waals surface area contributed by atoms with Crippen molar-refractivity contribution in [1.29, 1.82) is 0 Å². The third-order valence-electron chi connectivity index (χ3n) is 2.28. The first-order chi connectivity index (χ1) is 7.74. The molecule has 0 fully saturated rings. The Morgan fingerprint density at radius 1 is 1.25 bits per heavy atom. The van der Waals surface area contributed by atoms with Gasteiger partial charge in [-0.2, -0.15) is 0 Å². The van der Waals surface area contributed by atoms with Crippen molar-refractivity contribution < 1.29 is 4.39 Å². The van der Waals surface area contributed by atoms with Crippen LogP contribution in [-0.4, -0.2) is 19.6 Å². The summed E-state index contributed by atoms with van der Waals surface area (Å²) in [6.07, 6.45) is 1.04. The Labute approximate surface area is 101 Å². The van der Waals surface area contributed by atoms with Gasteiger partial charge < -0.3 is 10.6 Å². The molecule has 0 unspecified atom stereocenters. The number of benzene rings is 1. The van der Waals surface area contributed by atoms with Crippen LogP contribution in [0.4, 0.5) is 4.39 Å². The minimum atomic E-state index is -0.205. The van der Waals surface area contributed by atoms with Gasteiger partial charge in [-0.25, -0.2) is 4.39 Å². The Bertz CT molecular complexity index is 318. The number of hydrogen-bond acceptors (Lipinski definition) is 2. The van der Waals surface area contributed by atoms with Crippen LogP contribution in [0.1, 0.15) is 18.9 Å². The average Bonchev–Trinajstić information content (AvgIpc) is 2.28. The maximum absolute atomic E-state index is 13.3. The number of rotatable bonds is 7. The topological polar surface area (TPSA) is 24.1 Å². The summed E-state index contributed by atoms with van der Waals surface area (Å²) in [5.74, 6) is -0.205. The van der Waals surface area contributed by atoms with Crippen molar-refractivity contribution in [3.63, 3.8) is 0 Å². The summed E-state index contributed by atoms with van der Waals surface area (Å²) in [7, 11) is 0. The van der Waals surface area contributed by atoms with Crippen LogP contribution in [0.15, 0.2) is 18.2 Å². The Morgan fingerprint density at radius 3 is 2.75 bits per heavy atom. The normalized spacial score (nSPS) is 10.7. The molecule has 0 amide bonds. The van der Waals surface area contributed by atoms with E-state index in [0.717, 1.165) is 26.1 Å². The maximum atomic E-state index is 13.3. The Balaban J connectivity index is 2.23. The van der Waals surface area contributed by atoms with Crippen molar-refractivity contribution in [3.05, 3.63) is 34.6 Å². The van der Waals surface area contributed by atoms with E-state index in [4.69, 9.17) is 11.6 Å². The molecule has 0 aromatic heterocycles. The third kappa shape index (κ3) is 4.92. The van der Waals surface area contributed by atoms with E-state index in [1.165, 1.54) is 6.07 Å². The first-order valence-electron chi connectivity index (χ1n) is 5.59. The van der Waals surface area contributed by atoms with Gasteiger partial charge in [-0.3, -0.25) is 0 Å². The number of nitrogens with one attached hydrogen (secondary N) is 2. The van der Waals surface area contributed by atoms with Gasteiger partial charge in [0.2, 0.25) is 0 Å². The van der Waals surface area contributed by atoms with E-state index in [0.29, 0.717) is 17.1 Å². The molecule has 0 saturated heterocycles. The van der Waals surface area contributed by atoms with Crippen molar-refractivity contribution in [2.75, 3.05) is 19.6 Å². The second-order valence-corrected chi connectivity index (χ2v) is 4.06. The molecule has 0 saturated carbocycles. The van der Waals surface area contributed by atoms with Crippen molar-refractivity contribution in [2.45, 2.75) is 19.9 Å². The van der Waals surface area contributed by atoms with Gasteiger partial charge in [0.25, 0.3) is 0 Å². The quantitative estimate of drug-likeness (QED) is 0.721. The van der Waals surface area contributed by atoms with E-state index in [9.17, 15) is 4.39 Å². The summed E-state index contributed by atoms with van der Waals surface area (Å²) in [6, 6.07) is 4.62. The van der Waals surface area contributed by atoms with Crippen LogP contribution in [0.2, 0.25) is 5.02 Å². The first kappa shape index (κ1) is 13.4. The number of halogens is 2. The molecule has 0 heterocycles. The summed E-state index contributed by atoms with van der Waals surface area (Å²) < 4.78 is 13.3. The van der Waals surface area contributed by atoms with E-state index in [1.54, 1.807) is 12.1 Å². The van der Waals surface area contributed by atoms with Crippen LogP contribution in [0.5, 0.6) is 0 Å². The van der Waals surface area contributed by atoms with Crippen molar-refractivity contribution in [3.8, 4) is 0 Å². The Kier molecular flexibility index (Phi) is 6.38. The van der Waals surface area contributed by atoms with Gasteiger partial charge in [-0.1, -0.05) is 18.5 Å². The molecular weight excluding hydrogens is 227 g/mol. The van der Waals surface area contributed by atoms with Crippen molar-refractivity contribution in [2.24, 2.45) is 0 Å². The van der Waals surface area contributed by atoms with Crippen molar-refractivity contribution >= 4 is 11.6 Å². The van der Waals surface area contributed by atoms with Crippen LogP contribution in [0.25, 0.3) is 0 Å². The van der Waals surface area contributed by atoms with E-state index in [1.807, 2.05) is 0 Å². The lowest BCUT2D eigenvalue weighted by Crippen LogP contribution is -2.21. The highest BCUT2D eigenvalue weighted by Crippen LogP contribution is 2.14. The smallest absolute Gasteiger partial charge is 0.127 e. The standard InChI is InChI=1S/C12H18ClFN2/c1-2-15-6-3-7-16-9-10-8-11(13)4-5-12(10)14/h4-5,8,15-16H,2-3,6-7,9H2,1H3. The predicted octanol–water partition coefficient (Wildman–Crippen LogP) is 2.57. The molecule has 0 radical (unpaired) electrons. The van der Waals surface area contributed by atoms with Gasteiger partial charge in [-0.05, 0) is 44.3 Å². The highest BCUT2D eigenvalue weighted by Gasteiger charge is 2.01. The Hall–Kier alpha value is -0.640. The molecule has 2 nitrogen and oxygen atoms in total. The summed E-state index contributed by atoms with van der Waals surface area (Å²) in [4.78, 5) is 0. The molecule has 1 aromatic rings. The largest absolute Gasteiger partial charge is 0.317 e. The summed E-state index contributed by atoms with van der Waals surface area (Å²) in [5, 5.41) is 7.00. The van der Waals surface area contributed by atoms with Gasteiger partial charge in [-0.15, -0.1) is 0 Å². The molecule has 4 heteroatoms. The van der Waals surface area contributed by atoms with Gasteiger partial charge in [0, 0.05) is 17.1 Å². The van der Waals surface area contributed by atoms with Crippen LogP contribution >= 0.6 is 11.6 Å². The van der Waals surface area contributed by atoms with Gasteiger partial charge >= 0.3 is 0 Å². The van der Waals surface area contributed by atoms with E-state index >= 15 is 0 Å². The lowest BCUT2D eigenvalue weighted by Gasteiger charge is -2.06. The maximum Gasteiger partial charge on any atom is 0.127 e. The molecule has 16 heavy (non-hydrogen) atoms. The minimum absolute atomic E-state index is 0.205. The van der Waals surface area contributed by atoms with E-state index in [2.05, 4.69) is 17.6 Å². The second kappa shape index (κ2) is 7.60. The molecule has 2 N–H and O–H groups in total. The van der Waals surface area contributed by atoms with Gasteiger partial charge in [0.1, 0.15) is 5.82 Å². The van der Waals surface area contributed by atoms with Crippen LogP contribution < -0.4 is 10.6 Å². The fourth-order valence-electron chi connectivity index (χ4n) is 1.42. The van der Waals surface area contributed by atoms with Gasteiger partial charge in [0.05, 0.1) is 0 Å². The lowest BCUT2D eigenvalue weighted by molar-refractivity contribution is 0.571. The molecule has 1 rings (SSSR count).